The second kappa shape index (κ2) is 9.74. The molecule has 33 heavy (non-hydrogen) atoms. The quantitative estimate of drug-likeness (QED) is 0.382. The van der Waals surface area contributed by atoms with E-state index in [4.69, 9.17) is 28.2 Å². The minimum absolute atomic E-state index is 0.0466. The van der Waals surface area contributed by atoms with Crippen LogP contribution in [0.15, 0.2) is 47.5 Å². The van der Waals surface area contributed by atoms with Crippen LogP contribution in [0.5, 0.6) is 0 Å². The average Bonchev–Trinajstić information content (AvgIpc) is 3.31. The molecule has 3 aromatic rings. The van der Waals surface area contributed by atoms with Crippen molar-refractivity contribution in [1.29, 1.82) is 0 Å². The highest BCUT2D eigenvalue weighted by Crippen LogP contribution is 2.47. The number of rotatable bonds is 5. The Labute approximate surface area is 211 Å². The first kappa shape index (κ1) is 24.2. The second-order valence-corrected chi connectivity index (χ2v) is 12.0. The Balaban J connectivity index is 1.84. The van der Waals surface area contributed by atoms with Crippen LogP contribution in [-0.2, 0) is 0 Å². The maximum absolute atomic E-state index is 12.4. The molecule has 2 heterocycles. The lowest BCUT2D eigenvalue weighted by Crippen LogP contribution is -2.16. The molecule has 0 saturated carbocycles. The molecule has 0 amide bonds. The molecular formula is C24H23Cl2N3O2S2. The maximum atomic E-state index is 12.4. The number of carboxylic acid groups (broad SMARTS) is 1. The van der Waals surface area contributed by atoms with E-state index in [0.717, 1.165) is 16.7 Å². The van der Waals surface area contributed by atoms with Gasteiger partial charge in [0.15, 0.2) is 10.9 Å². The molecule has 0 bridgehead atoms. The number of aromatic nitrogens is 2. The fourth-order valence-electron chi connectivity index (χ4n) is 3.82. The predicted molar refractivity (Wildman–Crippen MR) is 140 cm³/mol. The number of benzene rings is 2. The number of thioether (sulfide) groups is 2. The summed E-state index contributed by atoms with van der Waals surface area (Å²) in [6, 6.07) is 13.1. The molecule has 0 aliphatic carbocycles. The van der Waals surface area contributed by atoms with Crippen LogP contribution in [0.2, 0.25) is 10.0 Å². The zero-order valence-electron chi connectivity index (χ0n) is 18.5. The Morgan fingerprint density at radius 2 is 1.88 bits per heavy atom. The summed E-state index contributed by atoms with van der Waals surface area (Å²) in [7, 11) is 0. The van der Waals surface area contributed by atoms with Gasteiger partial charge >= 0.3 is 5.97 Å². The lowest BCUT2D eigenvalue weighted by molar-refractivity contribution is 0.0689. The topological polar surface area (TPSA) is 67.5 Å². The molecule has 1 aliphatic rings. The van der Waals surface area contributed by atoms with Crippen LogP contribution in [0.25, 0.3) is 11.1 Å². The van der Waals surface area contributed by atoms with Gasteiger partial charge in [0, 0.05) is 10.8 Å². The first-order chi connectivity index (χ1) is 15.7. The van der Waals surface area contributed by atoms with Crippen molar-refractivity contribution in [2.45, 2.75) is 43.6 Å². The maximum Gasteiger partial charge on any atom is 0.355 e. The second-order valence-electron chi connectivity index (χ2n) is 8.04. The van der Waals surface area contributed by atoms with Gasteiger partial charge in [-0.15, -0.1) is 11.8 Å². The van der Waals surface area contributed by atoms with Crippen molar-refractivity contribution in [2.24, 2.45) is 4.99 Å². The van der Waals surface area contributed by atoms with E-state index in [1.165, 1.54) is 16.4 Å². The number of carbonyl (C=O) groups is 1. The molecule has 4 rings (SSSR count). The van der Waals surface area contributed by atoms with Crippen molar-refractivity contribution >= 4 is 57.9 Å². The number of aliphatic imine (C=N–C) groups is 1. The highest BCUT2D eigenvalue weighted by atomic mass is 35.5. The number of nitrogens with zero attached hydrogens (tertiary/aromatic N) is 3. The van der Waals surface area contributed by atoms with E-state index < -0.39 is 5.97 Å². The largest absolute Gasteiger partial charge is 0.476 e. The lowest BCUT2D eigenvalue weighted by atomic mass is 9.99. The fraction of sp³-hybridized carbons (Fsp3) is 0.292. The van der Waals surface area contributed by atoms with Crippen LogP contribution < -0.4 is 0 Å². The Kier molecular flexibility index (Phi) is 7.15. The normalized spacial score (nSPS) is 18.1. The number of carboxylic acids is 1. The van der Waals surface area contributed by atoms with Gasteiger partial charge in [0.1, 0.15) is 0 Å². The summed E-state index contributed by atoms with van der Waals surface area (Å²) < 4.78 is 1.53. The first-order valence-corrected chi connectivity index (χ1v) is 13.0. The first-order valence-electron chi connectivity index (χ1n) is 10.4. The molecule has 172 valence electrons. The number of hydrogen-bond donors (Lipinski definition) is 1. The monoisotopic (exact) mass is 519 g/mol. The Bertz CT molecular complexity index is 1260. The van der Waals surface area contributed by atoms with Crippen molar-refractivity contribution in [1.82, 2.24) is 9.78 Å². The molecule has 0 fully saturated rings. The molecule has 9 heteroatoms. The molecule has 1 aliphatic heterocycles. The van der Waals surface area contributed by atoms with Gasteiger partial charge in [-0.1, -0.05) is 79.1 Å². The summed E-state index contributed by atoms with van der Waals surface area (Å²) in [5.41, 5.74) is 4.18. The van der Waals surface area contributed by atoms with Crippen molar-refractivity contribution < 1.29 is 9.90 Å². The fourth-order valence-corrected chi connectivity index (χ4v) is 7.14. The molecule has 1 aromatic heterocycles. The van der Waals surface area contributed by atoms with Crippen LogP contribution in [0.3, 0.4) is 0 Å². The van der Waals surface area contributed by atoms with E-state index in [2.05, 4.69) is 18.9 Å². The third-order valence-corrected chi connectivity index (χ3v) is 8.69. The van der Waals surface area contributed by atoms with Crippen molar-refractivity contribution in [3.8, 4) is 11.1 Å². The molecule has 1 N–H and O–H groups in total. The minimum Gasteiger partial charge on any atom is -0.476 e. The highest BCUT2D eigenvalue weighted by molar-refractivity contribution is 8.25. The van der Waals surface area contributed by atoms with Crippen LogP contribution in [0.1, 0.15) is 47.2 Å². The molecule has 2 aromatic carbocycles. The SMILES string of the molecule is Cc1ccccc1-c1c(C)nn(C2=NC(c3ccc(Cl)c(Cl)c3)C(SC(C)C)S2)c1C(=O)O. The van der Waals surface area contributed by atoms with Crippen molar-refractivity contribution in [2.75, 3.05) is 0 Å². The molecule has 2 unspecified atom stereocenters. The van der Waals surface area contributed by atoms with Gasteiger partial charge in [-0.3, -0.25) is 4.99 Å². The zero-order chi connectivity index (χ0) is 23.9. The number of aryl methyl sites for hydroxylation is 2. The standard InChI is InChI=1S/C24H23Cl2N3O2S2/c1-12(2)32-23-20(15-9-10-17(25)18(26)11-15)27-24(33-23)29-21(22(30)31)19(14(4)28-29)16-8-6-5-7-13(16)3/h5-12,20,23H,1-4H3,(H,30,31). The van der Waals surface area contributed by atoms with E-state index in [1.807, 2.05) is 50.2 Å². The minimum atomic E-state index is -1.04. The van der Waals surface area contributed by atoms with Gasteiger partial charge in [0.2, 0.25) is 0 Å². The Morgan fingerprint density at radius 1 is 1.15 bits per heavy atom. The molecule has 5 nitrogen and oxygen atoms in total. The van der Waals surface area contributed by atoms with Crippen LogP contribution in [-0.4, -0.2) is 35.9 Å². The summed E-state index contributed by atoms with van der Waals surface area (Å²) in [6.07, 6.45) is 0. The van der Waals surface area contributed by atoms with E-state index >= 15 is 0 Å². The Hall–Kier alpha value is -1.93. The van der Waals surface area contributed by atoms with Crippen molar-refractivity contribution in [3.63, 3.8) is 0 Å². The molecule has 2 atom stereocenters. The summed E-state index contributed by atoms with van der Waals surface area (Å²) in [5.74, 6) is -1.04. The average molecular weight is 521 g/mol. The van der Waals surface area contributed by atoms with Gasteiger partial charge in [-0.05, 0) is 42.7 Å². The summed E-state index contributed by atoms with van der Waals surface area (Å²) in [5, 5.41) is 16.7. The third-order valence-electron chi connectivity index (χ3n) is 5.28. The highest BCUT2D eigenvalue weighted by Gasteiger charge is 2.36. The number of hydrogen-bond acceptors (Lipinski definition) is 5. The van der Waals surface area contributed by atoms with Crippen LogP contribution in [0, 0.1) is 13.8 Å². The summed E-state index contributed by atoms with van der Waals surface area (Å²) >= 11 is 15.7. The molecule has 0 saturated heterocycles. The Morgan fingerprint density at radius 3 is 2.52 bits per heavy atom. The van der Waals surface area contributed by atoms with Crippen LogP contribution >= 0.6 is 46.7 Å². The summed E-state index contributed by atoms with van der Waals surface area (Å²) in [4.78, 5) is 17.4. The van der Waals surface area contributed by atoms with Gasteiger partial charge in [-0.25, -0.2) is 9.48 Å². The molecular weight excluding hydrogens is 497 g/mol. The van der Waals surface area contributed by atoms with Gasteiger partial charge < -0.3 is 5.11 Å². The van der Waals surface area contributed by atoms with Crippen LogP contribution in [0.4, 0.5) is 0 Å². The number of halogens is 2. The van der Waals surface area contributed by atoms with E-state index in [9.17, 15) is 9.90 Å². The zero-order valence-corrected chi connectivity index (χ0v) is 21.7. The lowest BCUT2D eigenvalue weighted by Gasteiger charge is -2.19. The molecule has 0 spiro atoms. The van der Waals surface area contributed by atoms with E-state index in [-0.39, 0.29) is 16.3 Å². The smallest absolute Gasteiger partial charge is 0.355 e. The number of aromatic carboxylic acids is 1. The van der Waals surface area contributed by atoms with Gasteiger partial charge in [0.25, 0.3) is 0 Å². The summed E-state index contributed by atoms with van der Waals surface area (Å²) in [6.45, 7) is 8.06. The van der Waals surface area contributed by atoms with Gasteiger partial charge in [-0.2, -0.15) is 5.10 Å². The van der Waals surface area contributed by atoms with Gasteiger partial charge in [0.05, 0.1) is 26.4 Å². The van der Waals surface area contributed by atoms with E-state index in [0.29, 0.717) is 31.7 Å². The van der Waals surface area contributed by atoms with E-state index in [1.54, 1.807) is 17.8 Å². The molecule has 0 radical (unpaired) electrons. The third kappa shape index (κ3) is 4.83. The van der Waals surface area contributed by atoms with Crippen molar-refractivity contribution in [3.05, 3.63) is 75.0 Å². The predicted octanol–water partition coefficient (Wildman–Crippen LogP) is 7.33.